The first-order valence-electron chi connectivity index (χ1n) is 12.5. The van der Waals surface area contributed by atoms with E-state index in [2.05, 4.69) is 9.47 Å². The number of carbonyl (C=O) groups excluding carboxylic acids is 2. The normalized spacial score (nSPS) is 14.4. The predicted octanol–water partition coefficient (Wildman–Crippen LogP) is 8.58. The lowest BCUT2D eigenvalue weighted by Crippen LogP contribution is -2.75. The van der Waals surface area contributed by atoms with E-state index in [0.717, 1.165) is 12.2 Å². The second kappa shape index (κ2) is 13.7. The molecule has 0 aromatic heterocycles. The highest BCUT2D eigenvalue weighted by Crippen LogP contribution is 2.63. The first-order chi connectivity index (χ1) is 21.7. The fourth-order valence-corrected chi connectivity index (χ4v) is 3.31. The lowest BCUT2D eigenvalue weighted by atomic mass is 9.88. The van der Waals surface area contributed by atoms with E-state index in [1.807, 2.05) is 0 Å². The minimum Gasteiger partial charge on any atom is -0.456 e. The topological polar surface area (TPSA) is 52.6 Å². The number of halogens is 16. The molecule has 0 N–H and O–H groups in total. The van der Waals surface area contributed by atoms with Gasteiger partial charge in [-0.25, -0.2) is 9.59 Å². The van der Waals surface area contributed by atoms with Crippen molar-refractivity contribution in [1.29, 1.82) is 0 Å². The van der Waals surface area contributed by atoms with Gasteiger partial charge in [-0.1, -0.05) is 60.7 Å². The summed E-state index contributed by atoms with van der Waals surface area (Å²) < 4.78 is 232. The van der Waals surface area contributed by atoms with Gasteiger partial charge in [0.1, 0.15) is 0 Å². The number of alkyl halides is 16. The van der Waals surface area contributed by atoms with Crippen LogP contribution in [0.25, 0.3) is 12.2 Å². The average Bonchev–Trinajstić information content (AvgIpc) is 3.01. The molecule has 2 rings (SSSR count). The van der Waals surface area contributed by atoms with Crippen LogP contribution < -0.4 is 0 Å². The molecular formula is C28H18F16O4. The highest BCUT2D eigenvalue weighted by atomic mass is 19.4. The summed E-state index contributed by atoms with van der Waals surface area (Å²) in [5.41, 5.74) is 0.280. The van der Waals surface area contributed by atoms with E-state index in [9.17, 15) is 79.8 Å². The molecule has 0 saturated heterocycles. The second-order valence-corrected chi connectivity index (χ2v) is 9.56. The van der Waals surface area contributed by atoms with Gasteiger partial charge in [0.2, 0.25) is 0 Å². The van der Waals surface area contributed by atoms with E-state index in [1.54, 1.807) is 0 Å². The Morgan fingerprint density at radius 2 is 0.688 bits per heavy atom. The zero-order valence-corrected chi connectivity index (χ0v) is 23.2. The molecule has 20 heteroatoms. The van der Waals surface area contributed by atoms with Crippen LogP contribution in [0.15, 0.2) is 72.8 Å². The van der Waals surface area contributed by atoms with Crippen LogP contribution in [0.5, 0.6) is 0 Å². The Morgan fingerprint density at radius 1 is 0.438 bits per heavy atom. The van der Waals surface area contributed by atoms with Crippen LogP contribution in [-0.4, -0.2) is 72.5 Å². The Bertz CT molecular complexity index is 1360. The van der Waals surface area contributed by atoms with Crippen molar-refractivity contribution in [2.75, 3.05) is 13.2 Å². The van der Waals surface area contributed by atoms with Crippen molar-refractivity contribution in [3.05, 3.63) is 83.9 Å². The molecule has 0 aliphatic carbocycles. The fraction of sp³-hybridized carbons (Fsp3) is 0.357. The van der Waals surface area contributed by atoms with Gasteiger partial charge in [-0.05, 0) is 23.3 Å². The van der Waals surface area contributed by atoms with Crippen molar-refractivity contribution in [2.24, 2.45) is 0 Å². The zero-order valence-electron chi connectivity index (χ0n) is 23.2. The summed E-state index contributed by atoms with van der Waals surface area (Å²) in [7, 11) is 0. The van der Waals surface area contributed by atoms with Gasteiger partial charge >= 0.3 is 59.3 Å². The standard InChI is InChI=1S/C28H18F16O4/c29-21(30,15-47-19(45)13-11-17-7-3-1-4-8-17)23(33,34)25(37,38)27(41,42)28(43,44)26(39,40)24(35,36)22(31,32)16-48-20(46)14-12-18-9-5-2-6-10-18/h1-14H,15-16H2. The number of rotatable bonds is 15. The molecule has 0 bridgehead atoms. The minimum absolute atomic E-state index is 0.140. The molecule has 0 heterocycles. The number of benzene rings is 2. The van der Waals surface area contributed by atoms with Crippen molar-refractivity contribution in [3.8, 4) is 0 Å². The number of esters is 2. The SMILES string of the molecule is O=C(C=Cc1ccccc1)OCC(F)(F)C(F)(F)C(F)(F)C(F)(F)C(F)(F)C(F)(F)C(F)(F)C(F)(F)COC(=O)C=Cc1ccccc1. The maximum atomic E-state index is 14.1. The maximum absolute atomic E-state index is 14.1. The van der Waals surface area contributed by atoms with E-state index in [-0.39, 0.29) is 23.3 Å². The van der Waals surface area contributed by atoms with Gasteiger partial charge in [-0.3, -0.25) is 0 Å². The first kappa shape index (κ1) is 39.9. The fourth-order valence-electron chi connectivity index (χ4n) is 3.31. The smallest absolute Gasteiger partial charge is 0.385 e. The van der Waals surface area contributed by atoms with E-state index >= 15 is 0 Å². The van der Waals surface area contributed by atoms with Gasteiger partial charge in [-0.2, -0.15) is 70.2 Å². The molecule has 0 amide bonds. The summed E-state index contributed by atoms with van der Waals surface area (Å²) in [5, 5.41) is 0. The Kier molecular flexibility index (Phi) is 11.4. The van der Waals surface area contributed by atoms with E-state index < -0.39 is 72.5 Å². The first-order valence-corrected chi connectivity index (χ1v) is 12.5. The van der Waals surface area contributed by atoms with Crippen LogP contribution in [-0.2, 0) is 19.1 Å². The van der Waals surface area contributed by atoms with Crippen LogP contribution >= 0.6 is 0 Å². The summed E-state index contributed by atoms with van der Waals surface area (Å²) in [6, 6.07) is 13.5. The highest BCUT2D eigenvalue weighted by molar-refractivity contribution is 5.87. The molecule has 266 valence electrons. The monoisotopic (exact) mass is 722 g/mol. The molecule has 4 nitrogen and oxygen atoms in total. The Labute approximate surface area is 258 Å². The van der Waals surface area contributed by atoms with Gasteiger partial charge in [-0.15, -0.1) is 0 Å². The molecule has 0 aliphatic rings. The third-order valence-electron chi connectivity index (χ3n) is 6.10. The zero-order chi connectivity index (χ0) is 37.0. The van der Waals surface area contributed by atoms with Gasteiger partial charge in [0.15, 0.2) is 13.2 Å². The number of ether oxygens (including phenoxy) is 2. The van der Waals surface area contributed by atoms with Gasteiger partial charge in [0.25, 0.3) is 0 Å². The van der Waals surface area contributed by atoms with Gasteiger partial charge < -0.3 is 9.47 Å². The number of hydrogen-bond acceptors (Lipinski definition) is 4. The molecule has 0 aliphatic heterocycles. The van der Waals surface area contributed by atoms with Crippen molar-refractivity contribution < 1.29 is 89.3 Å². The Hall–Kier alpha value is -4.26. The van der Waals surface area contributed by atoms with E-state index in [0.29, 0.717) is 0 Å². The summed E-state index contributed by atoms with van der Waals surface area (Å²) in [5.74, 6) is -67.7. The van der Waals surface area contributed by atoms with Crippen LogP contribution in [0.2, 0.25) is 0 Å². The minimum atomic E-state index is -8.66. The van der Waals surface area contributed by atoms with Crippen LogP contribution in [0, 0.1) is 0 Å². The van der Waals surface area contributed by atoms with E-state index in [1.165, 1.54) is 60.7 Å². The predicted molar refractivity (Wildman–Crippen MR) is 132 cm³/mol. The number of carbonyl (C=O) groups is 2. The largest absolute Gasteiger partial charge is 0.456 e. The molecule has 48 heavy (non-hydrogen) atoms. The van der Waals surface area contributed by atoms with Crippen LogP contribution in [0.4, 0.5) is 70.2 Å². The molecule has 0 spiro atoms. The molecule has 2 aromatic rings. The Morgan fingerprint density at radius 3 is 0.958 bits per heavy atom. The summed E-state index contributed by atoms with van der Waals surface area (Å²) in [6.07, 6.45) is 2.01. The summed E-state index contributed by atoms with van der Waals surface area (Å²) in [4.78, 5) is 23.0. The van der Waals surface area contributed by atoms with E-state index in [4.69, 9.17) is 0 Å². The van der Waals surface area contributed by atoms with Crippen molar-refractivity contribution in [3.63, 3.8) is 0 Å². The van der Waals surface area contributed by atoms with Crippen molar-refractivity contribution >= 4 is 24.1 Å². The van der Waals surface area contributed by atoms with Gasteiger partial charge in [0.05, 0.1) is 0 Å². The summed E-state index contributed by atoms with van der Waals surface area (Å²) in [6.45, 7) is -6.58. The molecule has 0 saturated carbocycles. The highest BCUT2D eigenvalue weighted by Gasteiger charge is 2.94. The van der Waals surface area contributed by atoms with Crippen molar-refractivity contribution in [1.82, 2.24) is 0 Å². The second-order valence-electron chi connectivity index (χ2n) is 9.56. The molecule has 0 radical (unpaired) electrons. The average molecular weight is 722 g/mol. The van der Waals surface area contributed by atoms with Gasteiger partial charge in [0, 0.05) is 12.2 Å². The number of hydrogen-bond donors (Lipinski definition) is 0. The van der Waals surface area contributed by atoms with Crippen LogP contribution in [0.3, 0.4) is 0 Å². The maximum Gasteiger partial charge on any atom is 0.385 e. The Balaban J connectivity index is 2.30. The quantitative estimate of drug-likeness (QED) is 0.105. The summed E-state index contributed by atoms with van der Waals surface area (Å²) >= 11 is 0. The molecule has 0 unspecified atom stereocenters. The molecule has 2 aromatic carbocycles. The molecule has 0 fully saturated rings. The third-order valence-corrected chi connectivity index (χ3v) is 6.10. The lowest BCUT2D eigenvalue weighted by Gasteiger charge is -2.43. The third kappa shape index (κ3) is 7.40. The van der Waals surface area contributed by atoms with Crippen molar-refractivity contribution in [2.45, 2.75) is 47.4 Å². The lowest BCUT2D eigenvalue weighted by molar-refractivity contribution is -0.454. The molecule has 0 atom stereocenters. The van der Waals surface area contributed by atoms with Crippen LogP contribution in [0.1, 0.15) is 11.1 Å². The molecular weight excluding hydrogens is 704 g/mol.